The van der Waals surface area contributed by atoms with Crippen molar-refractivity contribution in [1.82, 2.24) is 0 Å². The smallest absolute Gasteiger partial charge is 0.320 e. The first kappa shape index (κ1) is 11.5. The first-order chi connectivity index (χ1) is 7.44. The van der Waals surface area contributed by atoms with Crippen molar-refractivity contribution in [2.24, 2.45) is 0 Å². The van der Waals surface area contributed by atoms with E-state index >= 15 is 0 Å². The van der Waals surface area contributed by atoms with E-state index in [-0.39, 0.29) is 0 Å². The molecule has 86 valence electrons. The van der Waals surface area contributed by atoms with Crippen molar-refractivity contribution in [1.29, 1.82) is 0 Å². The largest absolute Gasteiger partial charge is 0.480 e. The molecule has 1 saturated carbocycles. The number of benzene rings is 1. The average Bonchev–Trinajstić information content (AvgIpc) is 2.92. The van der Waals surface area contributed by atoms with E-state index in [4.69, 9.17) is 0 Å². The van der Waals surface area contributed by atoms with Gasteiger partial charge in [-0.2, -0.15) is 0 Å². The molecule has 0 atom stereocenters. The topological polar surface area (TPSA) is 37.3 Å². The van der Waals surface area contributed by atoms with Crippen LogP contribution >= 0.6 is 11.8 Å². The molecule has 0 saturated heterocycles. The van der Waals surface area contributed by atoms with E-state index in [9.17, 15) is 9.90 Å². The predicted molar refractivity (Wildman–Crippen MR) is 66.1 cm³/mol. The third-order valence-corrected chi connectivity index (χ3v) is 4.82. The molecule has 3 heteroatoms. The minimum atomic E-state index is -0.670. The number of carbonyl (C=O) groups is 1. The van der Waals surface area contributed by atoms with Crippen molar-refractivity contribution in [3.63, 3.8) is 0 Å². The maximum atomic E-state index is 11.2. The molecule has 0 bridgehead atoms. The van der Waals surface area contributed by atoms with Crippen LogP contribution in [-0.4, -0.2) is 15.8 Å². The zero-order chi connectivity index (χ0) is 11.9. The molecule has 1 aromatic rings. The van der Waals surface area contributed by atoms with Crippen molar-refractivity contribution in [2.75, 3.05) is 0 Å². The normalized spacial score (nSPS) is 17.2. The fraction of sp³-hybridized carbons (Fsp3) is 0.462. The van der Waals surface area contributed by atoms with E-state index < -0.39 is 10.7 Å². The van der Waals surface area contributed by atoms with Gasteiger partial charge in [0.05, 0.1) is 0 Å². The van der Waals surface area contributed by atoms with Crippen LogP contribution in [0.15, 0.2) is 17.0 Å². The van der Waals surface area contributed by atoms with E-state index in [1.165, 1.54) is 28.5 Å². The van der Waals surface area contributed by atoms with Crippen molar-refractivity contribution in [3.05, 3.63) is 28.8 Å². The summed E-state index contributed by atoms with van der Waals surface area (Å²) >= 11 is 1.53. The molecule has 1 aliphatic carbocycles. The third-order valence-electron chi connectivity index (χ3n) is 3.00. The lowest BCUT2D eigenvalue weighted by molar-refractivity contribution is -0.137. The van der Waals surface area contributed by atoms with E-state index in [2.05, 4.69) is 32.9 Å². The molecule has 1 N–H and O–H groups in total. The van der Waals surface area contributed by atoms with Gasteiger partial charge in [-0.25, -0.2) is 0 Å². The number of hydrogen-bond acceptors (Lipinski definition) is 2. The molecule has 16 heavy (non-hydrogen) atoms. The van der Waals surface area contributed by atoms with Crippen LogP contribution in [-0.2, 0) is 4.79 Å². The second-order valence-electron chi connectivity index (χ2n) is 4.63. The standard InChI is InChI=1S/C13H16O2S/c1-8-6-9(2)11(10(3)7-8)16-13(4-5-13)12(14)15/h6-7H,4-5H2,1-3H3,(H,14,15). The second-order valence-corrected chi connectivity index (χ2v) is 6.02. The second kappa shape index (κ2) is 3.81. The van der Waals surface area contributed by atoms with Crippen LogP contribution in [0.2, 0.25) is 0 Å². The van der Waals surface area contributed by atoms with Crippen molar-refractivity contribution in [3.8, 4) is 0 Å². The molecule has 0 spiro atoms. The highest BCUT2D eigenvalue weighted by atomic mass is 32.2. The van der Waals surface area contributed by atoms with Gasteiger partial charge in [-0.05, 0) is 44.7 Å². The molecule has 1 aliphatic rings. The molecular weight excluding hydrogens is 220 g/mol. The van der Waals surface area contributed by atoms with Crippen LogP contribution < -0.4 is 0 Å². The van der Waals surface area contributed by atoms with Crippen LogP contribution in [0, 0.1) is 20.8 Å². The average molecular weight is 236 g/mol. The molecule has 0 heterocycles. The van der Waals surface area contributed by atoms with Crippen LogP contribution in [0.25, 0.3) is 0 Å². The number of thioether (sulfide) groups is 1. The maximum absolute atomic E-state index is 11.2. The van der Waals surface area contributed by atoms with Gasteiger partial charge in [-0.15, -0.1) is 11.8 Å². The Kier molecular flexibility index (Phi) is 2.74. The van der Waals surface area contributed by atoms with E-state index in [1.54, 1.807) is 0 Å². The van der Waals surface area contributed by atoms with Crippen molar-refractivity contribution < 1.29 is 9.90 Å². The number of aryl methyl sites for hydroxylation is 3. The Labute approximate surface area is 100 Å². The lowest BCUT2D eigenvalue weighted by Crippen LogP contribution is -2.17. The summed E-state index contributed by atoms with van der Waals surface area (Å²) in [6, 6.07) is 4.24. The van der Waals surface area contributed by atoms with Gasteiger partial charge in [-0.3, -0.25) is 4.79 Å². The Balaban J connectivity index is 2.32. The lowest BCUT2D eigenvalue weighted by Gasteiger charge is -2.15. The predicted octanol–water partition coefficient (Wildman–Crippen LogP) is 3.32. The number of carboxylic acids is 1. The fourth-order valence-corrected chi connectivity index (χ4v) is 3.22. The number of rotatable bonds is 3. The van der Waals surface area contributed by atoms with Crippen LogP contribution in [0.3, 0.4) is 0 Å². The van der Waals surface area contributed by atoms with E-state index in [0.29, 0.717) is 0 Å². The summed E-state index contributed by atoms with van der Waals surface area (Å²) in [5.74, 6) is -0.670. The fourth-order valence-electron chi connectivity index (χ4n) is 2.00. The zero-order valence-corrected chi connectivity index (χ0v) is 10.6. The Morgan fingerprint density at radius 3 is 2.12 bits per heavy atom. The summed E-state index contributed by atoms with van der Waals surface area (Å²) in [7, 11) is 0. The van der Waals surface area contributed by atoms with Crippen LogP contribution in [0.1, 0.15) is 29.5 Å². The molecule has 1 fully saturated rings. The van der Waals surface area contributed by atoms with Crippen molar-refractivity contribution >= 4 is 17.7 Å². The molecule has 0 amide bonds. The van der Waals surface area contributed by atoms with Gasteiger partial charge in [0.15, 0.2) is 0 Å². The van der Waals surface area contributed by atoms with E-state index in [0.717, 1.165) is 17.7 Å². The van der Waals surface area contributed by atoms with Gasteiger partial charge in [0.1, 0.15) is 4.75 Å². The Bertz CT molecular complexity index is 424. The van der Waals surface area contributed by atoms with Gasteiger partial charge < -0.3 is 5.11 Å². The molecule has 2 nitrogen and oxygen atoms in total. The summed E-state index contributed by atoms with van der Waals surface area (Å²) in [6.07, 6.45) is 1.58. The van der Waals surface area contributed by atoms with Gasteiger partial charge in [0.25, 0.3) is 0 Å². The highest BCUT2D eigenvalue weighted by Gasteiger charge is 2.51. The van der Waals surface area contributed by atoms with Gasteiger partial charge >= 0.3 is 5.97 Å². The molecule has 1 aromatic carbocycles. The Morgan fingerprint density at radius 2 is 1.75 bits per heavy atom. The monoisotopic (exact) mass is 236 g/mol. The maximum Gasteiger partial charge on any atom is 0.320 e. The van der Waals surface area contributed by atoms with E-state index in [1.807, 2.05) is 0 Å². The Hall–Kier alpha value is -0.960. The Morgan fingerprint density at radius 1 is 1.25 bits per heavy atom. The zero-order valence-electron chi connectivity index (χ0n) is 9.83. The molecule has 0 aromatic heterocycles. The first-order valence-electron chi connectivity index (χ1n) is 5.45. The number of hydrogen-bond donors (Lipinski definition) is 1. The van der Waals surface area contributed by atoms with Crippen molar-refractivity contribution in [2.45, 2.75) is 43.3 Å². The minimum absolute atomic E-state index is 0.537. The van der Waals surface area contributed by atoms with Crippen LogP contribution in [0.4, 0.5) is 0 Å². The first-order valence-corrected chi connectivity index (χ1v) is 6.26. The molecule has 0 radical (unpaired) electrons. The summed E-state index contributed by atoms with van der Waals surface area (Å²) in [6.45, 7) is 6.18. The third kappa shape index (κ3) is 1.96. The van der Waals surface area contributed by atoms with Crippen LogP contribution in [0.5, 0.6) is 0 Å². The molecular formula is C13H16O2S. The van der Waals surface area contributed by atoms with Gasteiger partial charge in [0.2, 0.25) is 0 Å². The molecule has 0 unspecified atom stereocenters. The number of carboxylic acid groups (broad SMARTS) is 1. The highest BCUT2D eigenvalue weighted by Crippen LogP contribution is 2.53. The van der Waals surface area contributed by atoms with Gasteiger partial charge in [0, 0.05) is 4.90 Å². The molecule has 0 aliphatic heterocycles. The lowest BCUT2D eigenvalue weighted by atomic mass is 10.1. The quantitative estimate of drug-likeness (QED) is 0.874. The summed E-state index contributed by atoms with van der Waals surface area (Å²) in [4.78, 5) is 12.3. The highest BCUT2D eigenvalue weighted by molar-refractivity contribution is 8.01. The summed E-state index contributed by atoms with van der Waals surface area (Å²) in [5.41, 5.74) is 3.62. The minimum Gasteiger partial charge on any atom is -0.480 e. The number of aliphatic carboxylic acids is 1. The summed E-state index contributed by atoms with van der Waals surface area (Å²) < 4.78 is -0.537. The van der Waals surface area contributed by atoms with Gasteiger partial charge in [-0.1, -0.05) is 17.7 Å². The summed E-state index contributed by atoms with van der Waals surface area (Å²) in [5, 5.41) is 9.18. The molecule has 2 rings (SSSR count). The SMILES string of the molecule is Cc1cc(C)c(SC2(C(=O)O)CC2)c(C)c1.